The fourth-order valence-corrected chi connectivity index (χ4v) is 1.93. The third kappa shape index (κ3) is 3.10. The van der Waals surface area contributed by atoms with Gasteiger partial charge in [-0.1, -0.05) is 17.3 Å². The zero-order valence-electron chi connectivity index (χ0n) is 10.9. The SMILES string of the molecule is c1cn(-c2ccc(CNCCc3ncno3)cc2)cn1. The summed E-state index contributed by atoms with van der Waals surface area (Å²) in [6, 6.07) is 8.37. The molecule has 6 heteroatoms. The highest BCUT2D eigenvalue weighted by Gasteiger charge is 1.99. The second-order valence-electron chi connectivity index (χ2n) is 4.40. The summed E-state index contributed by atoms with van der Waals surface area (Å²) in [5, 5.41) is 6.92. The Labute approximate surface area is 116 Å². The Hall–Kier alpha value is -2.47. The van der Waals surface area contributed by atoms with Crippen LogP contribution < -0.4 is 5.32 Å². The van der Waals surface area contributed by atoms with E-state index in [1.165, 1.54) is 11.9 Å². The van der Waals surface area contributed by atoms with Gasteiger partial charge in [-0.15, -0.1) is 0 Å². The standard InChI is InChI=1S/C14H15N5O/c1-3-13(19-8-7-16-11-19)4-2-12(1)9-15-6-5-14-17-10-18-20-14/h1-4,7-8,10-11,15H,5-6,9H2. The molecular formula is C14H15N5O. The average molecular weight is 269 g/mol. The molecule has 1 aromatic carbocycles. The van der Waals surface area contributed by atoms with E-state index in [9.17, 15) is 0 Å². The second kappa shape index (κ2) is 6.12. The van der Waals surface area contributed by atoms with Crippen LogP contribution >= 0.6 is 0 Å². The Balaban J connectivity index is 1.48. The summed E-state index contributed by atoms with van der Waals surface area (Å²) in [6.07, 6.45) is 7.65. The lowest BCUT2D eigenvalue weighted by Crippen LogP contribution is -2.16. The minimum absolute atomic E-state index is 0.660. The molecule has 0 aliphatic carbocycles. The number of imidazole rings is 1. The molecule has 0 spiro atoms. The second-order valence-corrected chi connectivity index (χ2v) is 4.40. The molecule has 0 saturated heterocycles. The summed E-state index contributed by atoms with van der Waals surface area (Å²) in [4.78, 5) is 8.01. The van der Waals surface area contributed by atoms with Gasteiger partial charge in [-0.3, -0.25) is 0 Å². The Kier molecular flexibility index (Phi) is 3.84. The van der Waals surface area contributed by atoms with Gasteiger partial charge in [0, 0.05) is 37.6 Å². The van der Waals surface area contributed by atoms with Gasteiger partial charge in [0.1, 0.15) is 0 Å². The van der Waals surface area contributed by atoms with Crippen LogP contribution in [0.15, 0.2) is 53.8 Å². The van der Waals surface area contributed by atoms with Crippen LogP contribution in [0.2, 0.25) is 0 Å². The quantitative estimate of drug-likeness (QED) is 0.688. The molecule has 2 aromatic heterocycles. The lowest BCUT2D eigenvalue weighted by Gasteiger charge is -2.06. The van der Waals surface area contributed by atoms with Crippen molar-refractivity contribution < 1.29 is 4.52 Å². The molecule has 0 aliphatic heterocycles. The van der Waals surface area contributed by atoms with Crippen molar-refractivity contribution in [2.75, 3.05) is 6.54 Å². The van der Waals surface area contributed by atoms with Crippen LogP contribution in [0.3, 0.4) is 0 Å². The third-order valence-corrected chi connectivity index (χ3v) is 2.99. The minimum Gasteiger partial charge on any atom is -0.340 e. The number of hydrogen-bond donors (Lipinski definition) is 1. The Morgan fingerprint density at radius 2 is 2.10 bits per heavy atom. The van der Waals surface area contributed by atoms with Crippen molar-refractivity contribution in [3.63, 3.8) is 0 Å². The van der Waals surface area contributed by atoms with Crippen LogP contribution in [0.5, 0.6) is 0 Å². The topological polar surface area (TPSA) is 68.8 Å². The normalized spacial score (nSPS) is 10.8. The summed E-state index contributed by atoms with van der Waals surface area (Å²) >= 11 is 0. The van der Waals surface area contributed by atoms with Crippen molar-refractivity contribution in [3.05, 3.63) is 60.8 Å². The molecule has 6 nitrogen and oxygen atoms in total. The highest BCUT2D eigenvalue weighted by atomic mass is 16.5. The molecule has 3 aromatic rings. The predicted molar refractivity (Wildman–Crippen MR) is 73.3 cm³/mol. The van der Waals surface area contributed by atoms with Crippen LogP contribution in [0.25, 0.3) is 5.69 Å². The third-order valence-electron chi connectivity index (χ3n) is 2.99. The maximum atomic E-state index is 4.93. The van der Waals surface area contributed by atoms with Gasteiger partial charge in [-0.05, 0) is 17.7 Å². The number of rotatable bonds is 6. The van der Waals surface area contributed by atoms with Gasteiger partial charge in [0.05, 0.1) is 6.33 Å². The van der Waals surface area contributed by atoms with Crippen molar-refractivity contribution in [1.82, 2.24) is 25.0 Å². The van der Waals surface area contributed by atoms with E-state index in [-0.39, 0.29) is 0 Å². The molecule has 0 aliphatic rings. The van der Waals surface area contributed by atoms with E-state index in [0.29, 0.717) is 5.89 Å². The van der Waals surface area contributed by atoms with Crippen molar-refractivity contribution in [2.24, 2.45) is 0 Å². The molecule has 3 rings (SSSR count). The van der Waals surface area contributed by atoms with E-state index in [1.807, 2.05) is 10.8 Å². The molecule has 0 unspecified atom stereocenters. The summed E-state index contributed by atoms with van der Waals surface area (Å²) < 4.78 is 6.91. The Morgan fingerprint density at radius 3 is 2.80 bits per heavy atom. The molecule has 102 valence electrons. The van der Waals surface area contributed by atoms with E-state index in [1.54, 1.807) is 12.5 Å². The first-order valence-corrected chi connectivity index (χ1v) is 6.45. The first-order chi connectivity index (χ1) is 9.92. The first-order valence-electron chi connectivity index (χ1n) is 6.45. The fourth-order valence-electron chi connectivity index (χ4n) is 1.93. The predicted octanol–water partition coefficient (Wildman–Crippen LogP) is 1.59. The summed E-state index contributed by atoms with van der Waals surface area (Å²) in [5.74, 6) is 0.660. The monoisotopic (exact) mass is 269 g/mol. The summed E-state index contributed by atoms with van der Waals surface area (Å²) in [5.41, 5.74) is 2.34. The molecular weight excluding hydrogens is 254 g/mol. The maximum Gasteiger partial charge on any atom is 0.227 e. The van der Waals surface area contributed by atoms with Crippen molar-refractivity contribution in [1.29, 1.82) is 0 Å². The van der Waals surface area contributed by atoms with Crippen molar-refractivity contribution in [3.8, 4) is 5.69 Å². The van der Waals surface area contributed by atoms with E-state index >= 15 is 0 Å². The summed E-state index contributed by atoms with van der Waals surface area (Å²) in [6.45, 7) is 1.63. The highest BCUT2D eigenvalue weighted by molar-refractivity contribution is 5.34. The number of aromatic nitrogens is 4. The molecule has 0 atom stereocenters. The van der Waals surface area contributed by atoms with Crippen LogP contribution in [0.1, 0.15) is 11.5 Å². The molecule has 1 N–H and O–H groups in total. The van der Waals surface area contributed by atoms with E-state index < -0.39 is 0 Å². The zero-order valence-corrected chi connectivity index (χ0v) is 10.9. The van der Waals surface area contributed by atoms with Gasteiger partial charge < -0.3 is 14.4 Å². The molecule has 20 heavy (non-hydrogen) atoms. The molecule has 0 radical (unpaired) electrons. The van der Waals surface area contributed by atoms with Crippen LogP contribution in [0, 0.1) is 0 Å². The van der Waals surface area contributed by atoms with Crippen molar-refractivity contribution in [2.45, 2.75) is 13.0 Å². The zero-order chi connectivity index (χ0) is 13.6. The van der Waals surface area contributed by atoms with Crippen molar-refractivity contribution >= 4 is 0 Å². The fraction of sp³-hybridized carbons (Fsp3) is 0.214. The lowest BCUT2D eigenvalue weighted by molar-refractivity contribution is 0.375. The summed E-state index contributed by atoms with van der Waals surface area (Å²) in [7, 11) is 0. The van der Waals surface area contributed by atoms with E-state index in [2.05, 4.69) is 44.7 Å². The van der Waals surface area contributed by atoms with Gasteiger partial charge >= 0.3 is 0 Å². The molecule has 0 saturated carbocycles. The first kappa shape index (κ1) is 12.6. The average Bonchev–Trinajstić information content (AvgIpc) is 3.17. The smallest absolute Gasteiger partial charge is 0.227 e. The van der Waals surface area contributed by atoms with Crippen LogP contribution in [-0.2, 0) is 13.0 Å². The number of benzene rings is 1. The number of nitrogens with one attached hydrogen (secondary N) is 1. The van der Waals surface area contributed by atoms with Gasteiger partial charge in [-0.2, -0.15) is 4.98 Å². The number of hydrogen-bond acceptors (Lipinski definition) is 5. The molecule has 0 bridgehead atoms. The molecule has 2 heterocycles. The van der Waals surface area contributed by atoms with Gasteiger partial charge in [0.15, 0.2) is 6.33 Å². The lowest BCUT2D eigenvalue weighted by atomic mass is 10.2. The minimum atomic E-state index is 0.660. The van der Waals surface area contributed by atoms with Crippen LogP contribution in [0.4, 0.5) is 0 Å². The van der Waals surface area contributed by atoms with Gasteiger partial charge in [0.25, 0.3) is 0 Å². The highest BCUT2D eigenvalue weighted by Crippen LogP contribution is 2.09. The largest absolute Gasteiger partial charge is 0.340 e. The van der Waals surface area contributed by atoms with Gasteiger partial charge in [-0.25, -0.2) is 4.98 Å². The molecule has 0 fully saturated rings. The maximum absolute atomic E-state index is 4.93. The van der Waals surface area contributed by atoms with Crippen LogP contribution in [-0.4, -0.2) is 26.2 Å². The molecule has 0 amide bonds. The number of nitrogens with zero attached hydrogens (tertiary/aromatic N) is 4. The Bertz CT molecular complexity index is 616. The Morgan fingerprint density at radius 1 is 1.20 bits per heavy atom. The van der Waals surface area contributed by atoms with Gasteiger partial charge in [0.2, 0.25) is 5.89 Å². The van der Waals surface area contributed by atoms with E-state index in [4.69, 9.17) is 4.52 Å². The van der Waals surface area contributed by atoms with E-state index in [0.717, 1.165) is 25.2 Å².